The molecule has 0 heterocycles. The summed E-state index contributed by atoms with van der Waals surface area (Å²) in [7, 11) is 0. The average Bonchev–Trinajstić information content (AvgIpc) is 2.26. The lowest BCUT2D eigenvalue weighted by molar-refractivity contribution is -0.384. The molecule has 0 aliphatic carbocycles. The van der Waals surface area contributed by atoms with E-state index >= 15 is 0 Å². The molecular formula is C11H8N2O3. The highest BCUT2D eigenvalue weighted by Gasteiger charge is 2.15. The Hall–Kier alpha value is -2.53. The summed E-state index contributed by atoms with van der Waals surface area (Å²) in [5, 5.41) is 19.4. The van der Waals surface area contributed by atoms with Crippen LogP contribution in [-0.4, -0.2) is 11.5 Å². The van der Waals surface area contributed by atoms with E-state index in [0.717, 1.165) is 0 Å². The van der Waals surface area contributed by atoms with Crippen LogP contribution in [0.2, 0.25) is 0 Å². The van der Waals surface area contributed by atoms with Gasteiger partial charge < -0.3 is 4.74 Å². The molecule has 0 atom stereocenters. The van der Waals surface area contributed by atoms with Crippen LogP contribution >= 0.6 is 0 Å². The van der Waals surface area contributed by atoms with E-state index in [0.29, 0.717) is 11.3 Å². The Morgan fingerprint density at radius 3 is 2.81 bits per heavy atom. The molecule has 5 heteroatoms. The first-order chi connectivity index (χ1) is 7.60. The molecule has 0 saturated heterocycles. The zero-order valence-electron chi connectivity index (χ0n) is 8.56. The normalized spacial score (nSPS) is 8.94. The van der Waals surface area contributed by atoms with Gasteiger partial charge in [0.2, 0.25) is 0 Å². The first kappa shape index (κ1) is 11.5. The Labute approximate surface area is 92.4 Å². The highest BCUT2D eigenvalue weighted by atomic mass is 16.6. The topological polar surface area (TPSA) is 76.2 Å². The molecule has 16 heavy (non-hydrogen) atoms. The Bertz CT molecular complexity index is 509. The highest BCUT2D eigenvalue weighted by Crippen LogP contribution is 2.28. The van der Waals surface area contributed by atoms with Gasteiger partial charge in [0.1, 0.15) is 24.0 Å². The van der Waals surface area contributed by atoms with E-state index in [-0.39, 0.29) is 17.9 Å². The number of aryl methyl sites for hydroxylation is 1. The van der Waals surface area contributed by atoms with Crippen molar-refractivity contribution in [3.8, 4) is 24.2 Å². The van der Waals surface area contributed by atoms with Gasteiger partial charge in [-0.05, 0) is 12.5 Å². The Balaban J connectivity index is 3.25. The summed E-state index contributed by atoms with van der Waals surface area (Å²) < 4.78 is 5.16. The predicted octanol–water partition coefficient (Wildman–Crippen LogP) is 1.79. The summed E-state index contributed by atoms with van der Waals surface area (Å²) >= 11 is 0. The minimum Gasteiger partial charge on any atom is -0.479 e. The molecule has 0 unspecified atom stereocenters. The average molecular weight is 216 g/mol. The molecule has 0 bridgehead atoms. The molecule has 0 fully saturated rings. The van der Waals surface area contributed by atoms with Crippen molar-refractivity contribution < 1.29 is 9.66 Å². The lowest BCUT2D eigenvalue weighted by Crippen LogP contribution is -2.00. The molecule has 1 aromatic rings. The first-order valence-corrected chi connectivity index (χ1v) is 4.35. The van der Waals surface area contributed by atoms with Gasteiger partial charge >= 0.3 is 0 Å². The molecule has 0 aliphatic heterocycles. The van der Waals surface area contributed by atoms with Crippen molar-refractivity contribution in [2.75, 3.05) is 6.61 Å². The third-order valence-corrected chi connectivity index (χ3v) is 1.89. The van der Waals surface area contributed by atoms with Gasteiger partial charge in [-0.15, -0.1) is 6.42 Å². The van der Waals surface area contributed by atoms with E-state index in [2.05, 4.69) is 5.92 Å². The van der Waals surface area contributed by atoms with Gasteiger partial charge in [-0.1, -0.05) is 5.92 Å². The quantitative estimate of drug-likeness (QED) is 0.438. The Kier molecular flexibility index (Phi) is 3.47. The Morgan fingerprint density at radius 2 is 2.31 bits per heavy atom. The largest absolute Gasteiger partial charge is 0.479 e. The van der Waals surface area contributed by atoms with Gasteiger partial charge in [0.15, 0.2) is 0 Å². The monoisotopic (exact) mass is 216 g/mol. The van der Waals surface area contributed by atoms with Crippen LogP contribution in [-0.2, 0) is 0 Å². The van der Waals surface area contributed by atoms with Gasteiger partial charge in [-0.25, -0.2) is 0 Å². The van der Waals surface area contributed by atoms with Crippen LogP contribution in [0.5, 0.6) is 5.75 Å². The molecule has 0 N–H and O–H groups in total. The summed E-state index contributed by atoms with van der Waals surface area (Å²) in [5.41, 5.74) is 0.491. The van der Waals surface area contributed by atoms with Gasteiger partial charge in [-0.2, -0.15) is 5.26 Å². The van der Waals surface area contributed by atoms with Crippen LogP contribution < -0.4 is 4.74 Å². The second-order valence-corrected chi connectivity index (χ2v) is 3.00. The number of nitro groups is 1. The predicted molar refractivity (Wildman–Crippen MR) is 56.9 cm³/mol. The second kappa shape index (κ2) is 4.81. The molecule has 80 valence electrons. The summed E-state index contributed by atoms with van der Waals surface area (Å²) in [6, 6.07) is 4.35. The van der Waals surface area contributed by atoms with Crippen molar-refractivity contribution in [1.82, 2.24) is 0 Å². The van der Waals surface area contributed by atoms with E-state index in [1.165, 1.54) is 12.1 Å². The van der Waals surface area contributed by atoms with E-state index in [9.17, 15) is 10.1 Å². The number of rotatable bonds is 3. The number of ether oxygens (including phenoxy) is 1. The van der Waals surface area contributed by atoms with Crippen LogP contribution in [0.25, 0.3) is 0 Å². The number of nitrogens with zero attached hydrogens (tertiary/aromatic N) is 2. The number of non-ortho nitro benzene ring substituents is 1. The summed E-state index contributed by atoms with van der Waals surface area (Å²) in [6.45, 7) is 1.65. The standard InChI is InChI=1S/C11H8N2O3/c1-3-4-16-11-8(2)5-10(13(14)15)6-9(11)7-12/h1,5-6H,4H2,2H3. The molecule has 0 amide bonds. The van der Waals surface area contributed by atoms with E-state index in [1.54, 1.807) is 6.92 Å². The first-order valence-electron chi connectivity index (χ1n) is 4.35. The van der Waals surface area contributed by atoms with Crippen LogP contribution in [0.1, 0.15) is 11.1 Å². The lowest BCUT2D eigenvalue weighted by Gasteiger charge is -2.07. The molecule has 1 rings (SSSR count). The number of nitro benzene ring substituents is 1. The zero-order valence-corrected chi connectivity index (χ0v) is 8.56. The van der Waals surface area contributed by atoms with Crippen molar-refractivity contribution >= 4 is 5.69 Å². The summed E-state index contributed by atoms with van der Waals surface area (Å²) in [4.78, 5) is 10.0. The van der Waals surface area contributed by atoms with Crippen molar-refractivity contribution in [3.05, 3.63) is 33.4 Å². The van der Waals surface area contributed by atoms with Crippen molar-refractivity contribution in [2.24, 2.45) is 0 Å². The fourth-order valence-corrected chi connectivity index (χ4v) is 1.25. The minimum absolute atomic E-state index is 0.0212. The fraction of sp³-hybridized carbons (Fsp3) is 0.182. The summed E-state index contributed by atoms with van der Waals surface area (Å²) in [5.74, 6) is 2.56. The van der Waals surface area contributed by atoms with E-state index in [1.807, 2.05) is 6.07 Å². The molecule has 0 spiro atoms. The molecule has 1 aromatic carbocycles. The molecule has 0 radical (unpaired) electrons. The maximum Gasteiger partial charge on any atom is 0.271 e. The zero-order chi connectivity index (χ0) is 12.1. The summed E-state index contributed by atoms with van der Waals surface area (Å²) in [6.07, 6.45) is 5.03. The number of hydrogen-bond donors (Lipinski definition) is 0. The molecular weight excluding hydrogens is 208 g/mol. The lowest BCUT2D eigenvalue weighted by atomic mass is 10.1. The number of benzene rings is 1. The van der Waals surface area contributed by atoms with Crippen molar-refractivity contribution in [3.63, 3.8) is 0 Å². The third kappa shape index (κ3) is 2.28. The minimum atomic E-state index is -0.557. The second-order valence-electron chi connectivity index (χ2n) is 3.00. The smallest absolute Gasteiger partial charge is 0.271 e. The van der Waals surface area contributed by atoms with Crippen LogP contribution in [0.4, 0.5) is 5.69 Å². The van der Waals surface area contributed by atoms with E-state index in [4.69, 9.17) is 16.4 Å². The number of hydrogen-bond acceptors (Lipinski definition) is 4. The van der Waals surface area contributed by atoms with Crippen LogP contribution in [0.3, 0.4) is 0 Å². The molecule has 0 saturated carbocycles. The number of terminal acetylenes is 1. The fourth-order valence-electron chi connectivity index (χ4n) is 1.25. The third-order valence-electron chi connectivity index (χ3n) is 1.89. The van der Waals surface area contributed by atoms with Crippen LogP contribution in [0, 0.1) is 40.7 Å². The highest BCUT2D eigenvalue weighted by molar-refractivity contribution is 5.54. The molecule has 5 nitrogen and oxygen atoms in total. The van der Waals surface area contributed by atoms with Crippen molar-refractivity contribution in [2.45, 2.75) is 6.92 Å². The van der Waals surface area contributed by atoms with Gasteiger partial charge in [0.25, 0.3) is 5.69 Å². The van der Waals surface area contributed by atoms with Crippen LogP contribution in [0.15, 0.2) is 12.1 Å². The van der Waals surface area contributed by atoms with Gasteiger partial charge in [0, 0.05) is 12.1 Å². The number of nitriles is 1. The maximum atomic E-state index is 10.6. The SMILES string of the molecule is C#CCOc1c(C)cc([N+](=O)[O-])cc1C#N. The van der Waals surface area contributed by atoms with Gasteiger partial charge in [0.05, 0.1) is 4.92 Å². The maximum absolute atomic E-state index is 10.6. The molecule has 0 aromatic heterocycles. The van der Waals surface area contributed by atoms with E-state index < -0.39 is 4.92 Å². The molecule has 0 aliphatic rings. The van der Waals surface area contributed by atoms with Gasteiger partial charge in [-0.3, -0.25) is 10.1 Å². The Morgan fingerprint density at radius 1 is 1.62 bits per heavy atom. The van der Waals surface area contributed by atoms with Crippen molar-refractivity contribution in [1.29, 1.82) is 5.26 Å².